The summed E-state index contributed by atoms with van der Waals surface area (Å²) in [6.07, 6.45) is 3.61. The van der Waals surface area contributed by atoms with Crippen molar-refractivity contribution in [1.82, 2.24) is 4.31 Å². The largest absolute Gasteiger partial charge is 0.244 e. The van der Waals surface area contributed by atoms with Crippen LogP contribution in [-0.2, 0) is 15.9 Å². The standard InChI is InChI=1S/C14H18Cl3NO2S/c1-2-3-6-18(11-4-5-11)21(19,20)14-7-10(9-15)12(16)8-13(14)17/h7-8,11H,2-6,9H2,1H3. The minimum atomic E-state index is -3.61. The van der Waals surface area contributed by atoms with Crippen molar-refractivity contribution in [2.75, 3.05) is 6.54 Å². The molecule has 1 saturated carbocycles. The van der Waals surface area contributed by atoms with Gasteiger partial charge in [0.1, 0.15) is 4.90 Å². The molecule has 0 saturated heterocycles. The fourth-order valence-electron chi connectivity index (χ4n) is 2.17. The Morgan fingerprint density at radius 2 is 1.90 bits per heavy atom. The Morgan fingerprint density at radius 3 is 2.43 bits per heavy atom. The first-order valence-electron chi connectivity index (χ1n) is 6.97. The molecule has 1 aliphatic rings. The molecule has 1 aromatic rings. The third-order valence-electron chi connectivity index (χ3n) is 3.52. The van der Waals surface area contributed by atoms with E-state index in [0.29, 0.717) is 17.1 Å². The van der Waals surface area contributed by atoms with Crippen LogP contribution in [0.25, 0.3) is 0 Å². The highest BCUT2D eigenvalue weighted by Gasteiger charge is 2.38. The van der Waals surface area contributed by atoms with E-state index in [2.05, 4.69) is 0 Å². The summed E-state index contributed by atoms with van der Waals surface area (Å²) >= 11 is 17.9. The van der Waals surface area contributed by atoms with Crippen molar-refractivity contribution < 1.29 is 8.42 Å². The Hall–Kier alpha value is -0.000000000000000111. The van der Waals surface area contributed by atoms with Gasteiger partial charge in [-0.15, -0.1) is 11.6 Å². The van der Waals surface area contributed by atoms with Crippen LogP contribution in [0.3, 0.4) is 0 Å². The van der Waals surface area contributed by atoms with Crippen LogP contribution in [0, 0.1) is 0 Å². The lowest BCUT2D eigenvalue weighted by Crippen LogP contribution is -2.34. The van der Waals surface area contributed by atoms with E-state index in [1.165, 1.54) is 12.1 Å². The van der Waals surface area contributed by atoms with Crippen molar-refractivity contribution >= 4 is 44.8 Å². The Kier molecular flexibility index (Phi) is 5.83. The molecule has 0 heterocycles. The lowest BCUT2D eigenvalue weighted by atomic mass is 10.2. The summed E-state index contributed by atoms with van der Waals surface area (Å²) < 4.78 is 27.3. The highest BCUT2D eigenvalue weighted by Crippen LogP contribution is 2.36. The van der Waals surface area contributed by atoms with Crippen molar-refractivity contribution in [2.24, 2.45) is 0 Å². The van der Waals surface area contributed by atoms with Gasteiger partial charge in [-0.2, -0.15) is 4.31 Å². The summed E-state index contributed by atoms with van der Waals surface area (Å²) in [5, 5.41) is 0.538. The second-order valence-corrected chi connectivity index (χ2v) is 8.15. The van der Waals surface area contributed by atoms with Crippen LogP contribution in [0.2, 0.25) is 10.0 Å². The van der Waals surface area contributed by atoms with Gasteiger partial charge in [-0.05, 0) is 37.0 Å². The summed E-state index contributed by atoms with van der Waals surface area (Å²) in [6, 6.07) is 3.06. The molecule has 0 aliphatic heterocycles. The van der Waals surface area contributed by atoms with Crippen LogP contribution in [0.15, 0.2) is 17.0 Å². The van der Waals surface area contributed by atoms with Gasteiger partial charge in [0.15, 0.2) is 0 Å². The van der Waals surface area contributed by atoms with Crippen LogP contribution < -0.4 is 0 Å². The third-order valence-corrected chi connectivity index (χ3v) is 6.57. The van der Waals surface area contributed by atoms with E-state index in [-0.39, 0.29) is 21.8 Å². The van der Waals surface area contributed by atoms with Gasteiger partial charge in [-0.3, -0.25) is 0 Å². The van der Waals surface area contributed by atoms with Gasteiger partial charge in [-0.25, -0.2) is 8.42 Å². The quantitative estimate of drug-likeness (QED) is 0.653. The fourth-order valence-corrected chi connectivity index (χ4v) is 5.03. The van der Waals surface area contributed by atoms with Crippen LogP contribution in [-0.4, -0.2) is 25.3 Å². The molecule has 118 valence electrons. The van der Waals surface area contributed by atoms with E-state index < -0.39 is 10.0 Å². The number of benzene rings is 1. The van der Waals surface area contributed by atoms with Gasteiger partial charge < -0.3 is 0 Å². The Labute approximate surface area is 141 Å². The molecule has 1 aliphatic carbocycles. The Bertz CT molecular complexity index is 615. The molecule has 1 aromatic carbocycles. The molecule has 3 nitrogen and oxygen atoms in total. The molecule has 0 bridgehead atoms. The van der Waals surface area contributed by atoms with Gasteiger partial charge in [0.2, 0.25) is 10.0 Å². The van der Waals surface area contributed by atoms with Gasteiger partial charge in [0.05, 0.1) is 5.02 Å². The van der Waals surface area contributed by atoms with Gasteiger partial charge >= 0.3 is 0 Å². The molecule has 21 heavy (non-hydrogen) atoms. The first-order chi connectivity index (χ1) is 9.91. The fraction of sp³-hybridized carbons (Fsp3) is 0.571. The molecule has 0 aromatic heterocycles. The normalized spacial score (nSPS) is 15.7. The summed E-state index contributed by atoms with van der Waals surface area (Å²) in [5.41, 5.74) is 0.576. The van der Waals surface area contributed by atoms with E-state index in [0.717, 1.165) is 25.7 Å². The summed E-state index contributed by atoms with van der Waals surface area (Å²) in [7, 11) is -3.61. The lowest BCUT2D eigenvalue weighted by Gasteiger charge is -2.22. The average molecular weight is 371 g/mol. The van der Waals surface area contributed by atoms with Crippen molar-refractivity contribution in [1.29, 1.82) is 0 Å². The van der Waals surface area contributed by atoms with Crippen LogP contribution >= 0.6 is 34.8 Å². The van der Waals surface area contributed by atoms with E-state index >= 15 is 0 Å². The van der Waals surface area contributed by atoms with Gasteiger partial charge in [0.25, 0.3) is 0 Å². The molecule has 0 atom stereocenters. The Morgan fingerprint density at radius 1 is 1.24 bits per heavy atom. The number of rotatable bonds is 7. The molecule has 2 rings (SSSR count). The van der Waals surface area contributed by atoms with Crippen LogP contribution in [0.1, 0.15) is 38.2 Å². The number of halogens is 3. The second-order valence-electron chi connectivity index (χ2n) is 5.21. The summed E-state index contributed by atoms with van der Waals surface area (Å²) in [5.74, 6) is 0.150. The first kappa shape index (κ1) is 17.4. The number of unbranched alkanes of at least 4 members (excludes halogenated alkanes) is 1. The monoisotopic (exact) mass is 369 g/mol. The maximum atomic E-state index is 12.9. The average Bonchev–Trinajstić information content (AvgIpc) is 3.23. The van der Waals surface area contributed by atoms with E-state index in [4.69, 9.17) is 34.8 Å². The number of hydrogen-bond acceptors (Lipinski definition) is 2. The number of sulfonamides is 1. The first-order valence-corrected chi connectivity index (χ1v) is 9.70. The van der Waals surface area contributed by atoms with E-state index in [1.807, 2.05) is 6.92 Å². The SMILES string of the molecule is CCCCN(C1CC1)S(=O)(=O)c1cc(CCl)c(Cl)cc1Cl. The van der Waals surface area contributed by atoms with E-state index in [1.54, 1.807) is 4.31 Å². The molecule has 0 radical (unpaired) electrons. The zero-order chi connectivity index (χ0) is 15.6. The Balaban J connectivity index is 2.41. The molecular formula is C14H18Cl3NO2S. The lowest BCUT2D eigenvalue weighted by molar-refractivity contribution is 0.395. The minimum Gasteiger partial charge on any atom is -0.207 e. The number of nitrogens with zero attached hydrogens (tertiary/aromatic N) is 1. The second kappa shape index (κ2) is 7.05. The smallest absolute Gasteiger partial charge is 0.207 e. The number of hydrogen-bond donors (Lipinski definition) is 0. The predicted molar refractivity (Wildman–Crippen MR) is 87.8 cm³/mol. The zero-order valence-electron chi connectivity index (χ0n) is 11.8. The minimum absolute atomic E-state index is 0.104. The van der Waals surface area contributed by atoms with Crippen molar-refractivity contribution in [2.45, 2.75) is 49.4 Å². The van der Waals surface area contributed by atoms with Crippen molar-refractivity contribution in [3.63, 3.8) is 0 Å². The highest BCUT2D eigenvalue weighted by molar-refractivity contribution is 7.89. The summed E-state index contributed by atoms with van der Waals surface area (Å²) in [6.45, 7) is 2.57. The third kappa shape index (κ3) is 3.85. The predicted octanol–water partition coefficient (Wildman–Crippen LogP) is 4.69. The van der Waals surface area contributed by atoms with E-state index in [9.17, 15) is 8.42 Å². The van der Waals surface area contributed by atoms with Crippen LogP contribution in [0.5, 0.6) is 0 Å². The maximum absolute atomic E-state index is 12.9. The highest BCUT2D eigenvalue weighted by atomic mass is 35.5. The van der Waals surface area contributed by atoms with Gasteiger partial charge in [0, 0.05) is 23.5 Å². The molecule has 7 heteroatoms. The summed E-state index contributed by atoms with van der Waals surface area (Å²) in [4.78, 5) is 0.104. The van der Waals surface area contributed by atoms with Gasteiger partial charge in [-0.1, -0.05) is 36.5 Å². The molecule has 0 amide bonds. The van der Waals surface area contributed by atoms with Crippen molar-refractivity contribution in [3.8, 4) is 0 Å². The molecule has 0 N–H and O–H groups in total. The molecule has 1 fully saturated rings. The number of alkyl halides is 1. The van der Waals surface area contributed by atoms with Crippen LogP contribution in [0.4, 0.5) is 0 Å². The van der Waals surface area contributed by atoms with Crippen molar-refractivity contribution in [3.05, 3.63) is 27.7 Å². The molecule has 0 unspecified atom stereocenters. The topological polar surface area (TPSA) is 37.4 Å². The molecule has 0 spiro atoms. The maximum Gasteiger partial charge on any atom is 0.244 e. The zero-order valence-corrected chi connectivity index (χ0v) is 14.9. The molecular weight excluding hydrogens is 353 g/mol.